The SMILES string of the molecule is CC(=O)N(c1ccc(C(=O)NC(C)c2nc3cc(Cl)ccc3[nH]2)cc1C)C1CCC1. The highest BCUT2D eigenvalue weighted by Crippen LogP contribution is 2.32. The summed E-state index contributed by atoms with van der Waals surface area (Å²) in [5.41, 5.74) is 3.98. The van der Waals surface area contributed by atoms with Crippen LogP contribution in [-0.4, -0.2) is 27.8 Å². The highest BCUT2D eigenvalue weighted by Gasteiger charge is 2.29. The minimum atomic E-state index is -0.299. The van der Waals surface area contributed by atoms with Crippen LogP contribution in [0, 0.1) is 6.92 Å². The maximum Gasteiger partial charge on any atom is 0.251 e. The van der Waals surface area contributed by atoms with Gasteiger partial charge in [-0.05, 0) is 75.1 Å². The van der Waals surface area contributed by atoms with Crippen LogP contribution in [0.3, 0.4) is 0 Å². The molecular weight excluding hydrogens is 400 g/mol. The highest BCUT2D eigenvalue weighted by atomic mass is 35.5. The van der Waals surface area contributed by atoms with Gasteiger partial charge in [-0.15, -0.1) is 0 Å². The van der Waals surface area contributed by atoms with Crippen molar-refractivity contribution in [1.82, 2.24) is 15.3 Å². The number of aromatic nitrogens is 2. The molecule has 1 saturated carbocycles. The fourth-order valence-electron chi connectivity index (χ4n) is 3.89. The number of nitrogens with zero attached hydrogens (tertiary/aromatic N) is 2. The number of amides is 2. The Morgan fingerprint density at radius 2 is 2.00 bits per heavy atom. The van der Waals surface area contributed by atoms with Gasteiger partial charge in [-0.1, -0.05) is 11.6 Å². The fourth-order valence-corrected chi connectivity index (χ4v) is 4.05. The Morgan fingerprint density at radius 3 is 2.63 bits per heavy atom. The summed E-state index contributed by atoms with van der Waals surface area (Å²) in [6.45, 7) is 5.42. The lowest BCUT2D eigenvalue weighted by Crippen LogP contribution is -2.43. The van der Waals surface area contributed by atoms with Gasteiger partial charge in [-0.2, -0.15) is 0 Å². The Bertz CT molecular complexity index is 1120. The van der Waals surface area contributed by atoms with Crippen LogP contribution in [0.25, 0.3) is 11.0 Å². The van der Waals surface area contributed by atoms with Gasteiger partial charge >= 0.3 is 0 Å². The molecule has 1 unspecified atom stereocenters. The molecule has 0 radical (unpaired) electrons. The van der Waals surface area contributed by atoms with Crippen molar-refractivity contribution >= 4 is 40.1 Å². The summed E-state index contributed by atoms with van der Waals surface area (Å²) < 4.78 is 0. The molecule has 1 aromatic heterocycles. The normalized spacial score (nSPS) is 14.9. The second-order valence-corrected chi connectivity index (χ2v) is 8.39. The van der Waals surface area contributed by atoms with E-state index in [0.29, 0.717) is 16.4 Å². The van der Waals surface area contributed by atoms with Gasteiger partial charge in [-0.3, -0.25) is 9.59 Å². The van der Waals surface area contributed by atoms with Gasteiger partial charge in [0, 0.05) is 29.2 Å². The average molecular weight is 425 g/mol. The summed E-state index contributed by atoms with van der Waals surface area (Å²) in [6.07, 6.45) is 3.21. The second-order valence-electron chi connectivity index (χ2n) is 7.95. The lowest BCUT2D eigenvalue weighted by Gasteiger charge is -2.37. The van der Waals surface area contributed by atoms with E-state index in [4.69, 9.17) is 11.6 Å². The molecule has 30 heavy (non-hydrogen) atoms. The predicted octanol–water partition coefficient (Wildman–Crippen LogP) is 4.92. The predicted molar refractivity (Wildman–Crippen MR) is 119 cm³/mol. The number of rotatable bonds is 5. The van der Waals surface area contributed by atoms with Gasteiger partial charge in [0.25, 0.3) is 5.91 Å². The molecule has 1 atom stereocenters. The van der Waals surface area contributed by atoms with Crippen LogP contribution < -0.4 is 10.2 Å². The van der Waals surface area contributed by atoms with Crippen molar-refractivity contribution in [2.75, 3.05) is 4.90 Å². The van der Waals surface area contributed by atoms with Gasteiger partial charge in [0.2, 0.25) is 5.91 Å². The van der Waals surface area contributed by atoms with Crippen LogP contribution in [-0.2, 0) is 4.79 Å². The number of benzene rings is 2. The van der Waals surface area contributed by atoms with Crippen LogP contribution in [0.1, 0.15) is 60.9 Å². The standard InChI is InChI=1S/C23H25ClN4O2/c1-13-11-16(7-10-21(13)28(15(3)29)18-5-4-6-18)23(30)25-14(2)22-26-19-9-8-17(24)12-20(19)27-22/h7-12,14,18H,4-6H2,1-3H3,(H,25,30)(H,26,27). The summed E-state index contributed by atoms with van der Waals surface area (Å²) >= 11 is 6.03. The molecule has 1 aliphatic rings. The summed E-state index contributed by atoms with van der Waals surface area (Å²) in [4.78, 5) is 34.6. The van der Waals surface area contributed by atoms with Crippen molar-refractivity contribution in [2.45, 2.75) is 52.1 Å². The van der Waals surface area contributed by atoms with Crippen molar-refractivity contribution < 1.29 is 9.59 Å². The molecule has 1 fully saturated rings. The molecule has 2 amide bonds. The van der Waals surface area contributed by atoms with Crippen molar-refractivity contribution in [2.24, 2.45) is 0 Å². The van der Waals surface area contributed by atoms with E-state index in [1.54, 1.807) is 25.1 Å². The first-order valence-electron chi connectivity index (χ1n) is 10.2. The van der Waals surface area contributed by atoms with Crippen LogP contribution >= 0.6 is 11.6 Å². The van der Waals surface area contributed by atoms with Crippen LogP contribution in [0.4, 0.5) is 5.69 Å². The molecule has 0 aliphatic heterocycles. The minimum absolute atomic E-state index is 0.0404. The van der Waals surface area contributed by atoms with Crippen LogP contribution in [0.2, 0.25) is 5.02 Å². The lowest BCUT2D eigenvalue weighted by molar-refractivity contribution is -0.117. The molecule has 3 aromatic rings. The molecule has 7 heteroatoms. The van der Waals surface area contributed by atoms with E-state index in [0.717, 1.165) is 41.5 Å². The van der Waals surface area contributed by atoms with Gasteiger partial charge in [0.05, 0.1) is 17.1 Å². The Kier molecular flexibility index (Phi) is 5.52. The molecule has 0 bridgehead atoms. The van der Waals surface area contributed by atoms with Gasteiger partial charge in [0.15, 0.2) is 0 Å². The molecular formula is C23H25ClN4O2. The van der Waals surface area contributed by atoms with E-state index in [1.165, 1.54) is 0 Å². The number of aromatic amines is 1. The Hall–Kier alpha value is -2.86. The zero-order valence-electron chi connectivity index (χ0n) is 17.3. The van der Waals surface area contributed by atoms with Crippen molar-refractivity contribution in [1.29, 1.82) is 0 Å². The maximum atomic E-state index is 12.8. The Labute approximate surface area is 180 Å². The summed E-state index contributed by atoms with van der Waals surface area (Å²) in [6, 6.07) is 10.9. The zero-order valence-corrected chi connectivity index (χ0v) is 18.1. The molecule has 2 N–H and O–H groups in total. The smallest absolute Gasteiger partial charge is 0.251 e. The third-order valence-corrected chi connectivity index (χ3v) is 5.95. The summed E-state index contributed by atoms with van der Waals surface area (Å²) in [5, 5.41) is 3.61. The van der Waals surface area contributed by atoms with Gasteiger partial charge < -0.3 is 15.2 Å². The van der Waals surface area contributed by atoms with Crippen LogP contribution in [0.15, 0.2) is 36.4 Å². The van der Waals surface area contributed by atoms with Crippen molar-refractivity contribution in [3.63, 3.8) is 0 Å². The maximum absolute atomic E-state index is 12.8. The quantitative estimate of drug-likeness (QED) is 0.610. The molecule has 2 aromatic carbocycles. The zero-order chi connectivity index (χ0) is 21.4. The van der Waals surface area contributed by atoms with E-state index in [2.05, 4.69) is 15.3 Å². The van der Waals surface area contributed by atoms with E-state index in [1.807, 2.05) is 36.9 Å². The number of hydrogen-bond donors (Lipinski definition) is 2. The number of carbonyl (C=O) groups is 2. The number of aryl methyl sites for hydroxylation is 1. The van der Waals surface area contributed by atoms with E-state index in [-0.39, 0.29) is 23.9 Å². The molecule has 0 saturated heterocycles. The summed E-state index contributed by atoms with van der Waals surface area (Å²) in [5.74, 6) is 0.522. The summed E-state index contributed by atoms with van der Waals surface area (Å²) in [7, 11) is 0. The molecule has 1 aliphatic carbocycles. The molecule has 0 spiro atoms. The van der Waals surface area contributed by atoms with Crippen molar-refractivity contribution in [3.8, 4) is 0 Å². The van der Waals surface area contributed by atoms with Gasteiger partial charge in [0.1, 0.15) is 5.82 Å². The van der Waals surface area contributed by atoms with Gasteiger partial charge in [-0.25, -0.2) is 4.98 Å². The third kappa shape index (κ3) is 3.92. The number of halogens is 1. The monoisotopic (exact) mass is 424 g/mol. The van der Waals surface area contributed by atoms with E-state index in [9.17, 15) is 9.59 Å². The van der Waals surface area contributed by atoms with Crippen LogP contribution in [0.5, 0.6) is 0 Å². The molecule has 6 nitrogen and oxygen atoms in total. The first-order chi connectivity index (χ1) is 14.3. The van der Waals surface area contributed by atoms with E-state index >= 15 is 0 Å². The average Bonchev–Trinajstić information content (AvgIpc) is 3.08. The Morgan fingerprint density at radius 1 is 1.23 bits per heavy atom. The largest absolute Gasteiger partial charge is 0.342 e. The number of nitrogens with one attached hydrogen (secondary N) is 2. The number of H-pyrrole nitrogens is 1. The minimum Gasteiger partial charge on any atom is -0.342 e. The third-order valence-electron chi connectivity index (χ3n) is 5.72. The number of imidazole rings is 1. The number of carbonyl (C=O) groups excluding carboxylic acids is 2. The molecule has 156 valence electrons. The highest BCUT2D eigenvalue weighted by molar-refractivity contribution is 6.31. The van der Waals surface area contributed by atoms with E-state index < -0.39 is 0 Å². The van der Waals surface area contributed by atoms with Crippen molar-refractivity contribution in [3.05, 3.63) is 58.4 Å². The number of hydrogen-bond acceptors (Lipinski definition) is 3. The number of fused-ring (bicyclic) bond motifs is 1. The second kappa shape index (κ2) is 8.11. The molecule has 1 heterocycles. The molecule has 4 rings (SSSR count). The Balaban J connectivity index is 1.51. The fraction of sp³-hybridized carbons (Fsp3) is 0.348. The topological polar surface area (TPSA) is 78.1 Å². The lowest BCUT2D eigenvalue weighted by atomic mass is 9.90. The first-order valence-corrected chi connectivity index (χ1v) is 10.6. The number of anilines is 1. The first kappa shape index (κ1) is 20.4.